The minimum absolute atomic E-state index is 0.0583. The van der Waals surface area contributed by atoms with Crippen LogP contribution in [0.15, 0.2) is 73.3 Å². The summed E-state index contributed by atoms with van der Waals surface area (Å²) in [5.41, 5.74) is 2.51. The van der Waals surface area contributed by atoms with E-state index in [1.807, 2.05) is 47.8 Å². The van der Waals surface area contributed by atoms with E-state index in [9.17, 15) is 9.59 Å². The molecule has 0 radical (unpaired) electrons. The quantitative estimate of drug-likeness (QED) is 0.0352. The summed E-state index contributed by atoms with van der Waals surface area (Å²) in [7, 11) is 0. The van der Waals surface area contributed by atoms with Crippen LogP contribution in [0.3, 0.4) is 0 Å². The van der Waals surface area contributed by atoms with Crippen molar-refractivity contribution in [3.8, 4) is 12.0 Å². The van der Waals surface area contributed by atoms with E-state index < -0.39 is 11.9 Å². The Morgan fingerprint density at radius 2 is 0.981 bits per heavy atom. The van der Waals surface area contributed by atoms with Crippen LogP contribution < -0.4 is 9.47 Å². The highest BCUT2D eigenvalue weighted by Crippen LogP contribution is 2.36. The molecule has 2 atom stereocenters. The van der Waals surface area contributed by atoms with E-state index in [1.54, 1.807) is 33.9 Å². The molecule has 0 saturated carbocycles. The number of aromatic nitrogens is 4. The van der Waals surface area contributed by atoms with Gasteiger partial charge in [-0.25, -0.2) is 19.6 Å². The number of benzene rings is 2. The number of hydrogen-bond acceptors (Lipinski definition) is 8. The predicted octanol–water partition coefficient (Wildman–Crippen LogP) is 12.3. The molecule has 0 spiro atoms. The zero-order valence-corrected chi connectivity index (χ0v) is 34.9. The van der Waals surface area contributed by atoms with Crippen LogP contribution >= 0.6 is 46.7 Å². The predicted molar refractivity (Wildman–Crippen MR) is 225 cm³/mol. The highest BCUT2D eigenvalue weighted by Gasteiger charge is 2.24. The van der Waals surface area contributed by atoms with Crippen LogP contribution in [0.2, 0.25) is 10.0 Å². The summed E-state index contributed by atoms with van der Waals surface area (Å²) < 4.78 is 14.3. The highest BCUT2D eigenvalue weighted by molar-refractivity contribution is 7.99. The van der Waals surface area contributed by atoms with Gasteiger partial charge in [0.05, 0.1) is 0 Å². The molecule has 12 heteroatoms. The number of hydrogen-bond donors (Lipinski definition) is 0. The average molecular weight is 816 g/mol. The van der Waals surface area contributed by atoms with Crippen LogP contribution in [0.1, 0.15) is 125 Å². The summed E-state index contributed by atoms with van der Waals surface area (Å²) >= 11 is 16.3. The van der Waals surface area contributed by atoms with Gasteiger partial charge in [-0.05, 0) is 85.4 Å². The fourth-order valence-electron chi connectivity index (χ4n) is 6.19. The number of carbonyl (C=O) groups is 2. The molecule has 0 bridgehead atoms. The van der Waals surface area contributed by atoms with Crippen LogP contribution in [0, 0.1) is 0 Å². The second kappa shape index (κ2) is 25.3. The van der Waals surface area contributed by atoms with Gasteiger partial charge < -0.3 is 18.6 Å². The molecular formula is C42H56Cl2N4O4S2. The van der Waals surface area contributed by atoms with Crippen LogP contribution in [0.25, 0.3) is 0 Å². The number of aryl methyl sites for hydroxylation is 2. The lowest BCUT2D eigenvalue weighted by Gasteiger charge is -2.18. The Morgan fingerprint density at radius 1 is 0.593 bits per heavy atom. The van der Waals surface area contributed by atoms with Crippen LogP contribution in [-0.4, -0.2) is 42.5 Å². The Balaban J connectivity index is 1.25. The van der Waals surface area contributed by atoms with E-state index >= 15 is 0 Å². The molecule has 0 N–H and O–H groups in total. The minimum Gasteiger partial charge on any atom is -0.383 e. The molecule has 2 aromatic heterocycles. The lowest BCUT2D eigenvalue weighted by molar-refractivity contribution is -0.157. The number of nitrogens with zero attached hydrogens (tertiary/aromatic N) is 4. The standard InChI is InChI=1S/C42H56Cl2N4O4S2/c1-3-5-7-9-11-31-53-37(33-17-21-35(43)22-18-33)15-13-27-47-29-25-45-41(47)51-39(49)40(50)52-42-46-26-30-48(42)28-14-16-38(34-19-23-36(44)24-20-34)54-32-12-10-8-6-4-2/h17-26,29-30,37-38H,3-16,27-28,31-32H2,1-2H3. The molecule has 0 aliphatic carbocycles. The van der Waals surface area contributed by atoms with Gasteiger partial charge in [-0.15, -0.1) is 0 Å². The zero-order chi connectivity index (χ0) is 38.4. The first-order valence-corrected chi connectivity index (χ1v) is 22.4. The van der Waals surface area contributed by atoms with E-state index in [2.05, 4.69) is 48.1 Å². The van der Waals surface area contributed by atoms with E-state index in [0.29, 0.717) is 23.6 Å². The normalized spacial score (nSPS) is 12.4. The Hall–Kier alpha value is -2.92. The summed E-state index contributed by atoms with van der Waals surface area (Å²) in [4.78, 5) is 34.1. The maximum absolute atomic E-state index is 12.9. The largest absolute Gasteiger partial charge is 0.425 e. The van der Waals surface area contributed by atoms with Gasteiger partial charge in [0.2, 0.25) is 0 Å². The monoisotopic (exact) mass is 814 g/mol. The fraction of sp³-hybridized carbons (Fsp3) is 0.524. The first-order chi connectivity index (χ1) is 26.4. The molecule has 0 fully saturated rings. The lowest BCUT2D eigenvalue weighted by Crippen LogP contribution is -2.27. The molecule has 54 heavy (non-hydrogen) atoms. The summed E-state index contributed by atoms with van der Waals surface area (Å²) in [5, 5.41) is 2.10. The molecule has 0 saturated heterocycles. The van der Waals surface area contributed by atoms with E-state index in [4.69, 9.17) is 32.7 Å². The number of imidazole rings is 2. The molecule has 294 valence electrons. The summed E-state index contributed by atoms with van der Waals surface area (Å²) in [6, 6.07) is 16.3. The third-order valence-electron chi connectivity index (χ3n) is 9.24. The van der Waals surface area contributed by atoms with E-state index in [0.717, 1.165) is 47.2 Å². The molecule has 2 aromatic carbocycles. The van der Waals surface area contributed by atoms with Crippen LogP contribution in [-0.2, 0) is 22.7 Å². The molecule has 8 nitrogen and oxygen atoms in total. The molecule has 2 heterocycles. The lowest BCUT2D eigenvalue weighted by atomic mass is 10.1. The highest BCUT2D eigenvalue weighted by atomic mass is 35.5. The first kappa shape index (κ1) is 43.8. The smallest absolute Gasteiger partial charge is 0.383 e. The SMILES string of the molecule is CCCCCCCSC(CCCn1ccnc1OC(=O)C(=O)Oc1nccn1CCCC(SCCCCCCC)c1ccc(Cl)cc1)c1ccc(Cl)cc1. The van der Waals surface area contributed by atoms with Crippen molar-refractivity contribution >= 4 is 58.7 Å². The molecule has 0 aliphatic heterocycles. The van der Waals surface area contributed by atoms with Crippen molar-refractivity contribution < 1.29 is 19.1 Å². The number of thioether (sulfide) groups is 2. The van der Waals surface area contributed by atoms with Crippen molar-refractivity contribution in [1.82, 2.24) is 19.1 Å². The molecule has 4 rings (SSSR count). The van der Waals surface area contributed by atoms with Crippen molar-refractivity contribution in [3.63, 3.8) is 0 Å². The molecular weight excluding hydrogens is 760 g/mol. The van der Waals surface area contributed by atoms with Crippen molar-refractivity contribution in [2.24, 2.45) is 0 Å². The van der Waals surface area contributed by atoms with Gasteiger partial charge in [0.15, 0.2) is 0 Å². The Morgan fingerprint density at radius 3 is 1.37 bits per heavy atom. The number of carbonyl (C=O) groups excluding carboxylic acids is 2. The fourth-order valence-corrected chi connectivity index (χ4v) is 9.12. The topological polar surface area (TPSA) is 88.2 Å². The Labute approximate surface area is 340 Å². The van der Waals surface area contributed by atoms with Crippen molar-refractivity contribution in [3.05, 3.63) is 94.5 Å². The molecule has 0 amide bonds. The van der Waals surface area contributed by atoms with Gasteiger partial charge >= 0.3 is 24.0 Å². The maximum Gasteiger partial charge on any atom is 0.425 e. The molecule has 4 aromatic rings. The number of halogens is 2. The first-order valence-electron chi connectivity index (χ1n) is 19.6. The second-order valence-electron chi connectivity index (χ2n) is 13.5. The maximum atomic E-state index is 12.9. The summed E-state index contributed by atoms with van der Waals surface area (Å²) in [5.74, 6) is -0.0817. The Bertz CT molecular complexity index is 1530. The van der Waals surface area contributed by atoms with Crippen molar-refractivity contribution in [1.29, 1.82) is 0 Å². The average Bonchev–Trinajstić information content (AvgIpc) is 3.82. The second-order valence-corrected chi connectivity index (χ2v) is 17.0. The van der Waals surface area contributed by atoms with Crippen molar-refractivity contribution in [2.75, 3.05) is 11.5 Å². The number of esters is 2. The van der Waals surface area contributed by atoms with Crippen LogP contribution in [0.5, 0.6) is 12.0 Å². The van der Waals surface area contributed by atoms with E-state index in [-0.39, 0.29) is 12.0 Å². The van der Waals surface area contributed by atoms with E-state index in [1.165, 1.54) is 75.3 Å². The summed E-state index contributed by atoms with van der Waals surface area (Å²) in [6.07, 6.45) is 22.7. The van der Waals surface area contributed by atoms with Gasteiger partial charge in [0, 0.05) is 58.4 Å². The third kappa shape index (κ3) is 15.7. The Kier molecular flexibility index (Phi) is 20.5. The minimum atomic E-state index is -1.15. The third-order valence-corrected chi connectivity index (χ3v) is 12.6. The summed E-state index contributed by atoms with van der Waals surface area (Å²) in [6.45, 7) is 5.63. The zero-order valence-electron chi connectivity index (χ0n) is 31.8. The van der Waals surface area contributed by atoms with Gasteiger partial charge in [-0.3, -0.25) is 0 Å². The van der Waals surface area contributed by atoms with Crippen LogP contribution in [0.4, 0.5) is 0 Å². The molecule has 0 aliphatic rings. The van der Waals surface area contributed by atoms with Gasteiger partial charge in [0.1, 0.15) is 0 Å². The number of ether oxygens (including phenoxy) is 2. The number of rotatable bonds is 26. The molecule has 2 unspecified atom stereocenters. The number of unbranched alkanes of at least 4 members (excludes halogenated alkanes) is 8. The van der Waals surface area contributed by atoms with Gasteiger partial charge in [-0.1, -0.05) is 113 Å². The van der Waals surface area contributed by atoms with Crippen molar-refractivity contribution in [2.45, 2.75) is 127 Å². The van der Waals surface area contributed by atoms with Gasteiger partial charge in [0.25, 0.3) is 0 Å². The van der Waals surface area contributed by atoms with Gasteiger partial charge in [-0.2, -0.15) is 23.5 Å².